The van der Waals surface area contributed by atoms with Crippen LogP contribution in [0.15, 0.2) is 67.3 Å². The van der Waals surface area contributed by atoms with Gasteiger partial charge in [-0.15, -0.1) is 0 Å². The van der Waals surface area contributed by atoms with Gasteiger partial charge in [-0.1, -0.05) is 35.6 Å². The van der Waals surface area contributed by atoms with E-state index in [9.17, 15) is 4.79 Å². The second-order valence-corrected chi connectivity index (χ2v) is 7.94. The number of aromatic nitrogens is 4. The van der Waals surface area contributed by atoms with Crippen LogP contribution in [0.1, 0.15) is 40.7 Å². The van der Waals surface area contributed by atoms with Crippen molar-refractivity contribution in [2.75, 3.05) is 5.32 Å². The van der Waals surface area contributed by atoms with Gasteiger partial charge in [0, 0.05) is 42.3 Å². The lowest BCUT2D eigenvalue weighted by molar-refractivity contribution is 0.104. The molecule has 0 fully saturated rings. The number of pyridine rings is 1. The molecule has 7 heteroatoms. The van der Waals surface area contributed by atoms with Crippen LogP contribution in [0.3, 0.4) is 0 Å². The molecule has 0 aliphatic rings. The van der Waals surface area contributed by atoms with E-state index >= 15 is 0 Å². The summed E-state index contributed by atoms with van der Waals surface area (Å²) in [5.74, 6) is -0.0330. The molecule has 4 aromatic rings. The Kier molecular flexibility index (Phi) is 5.48. The molecule has 1 aromatic carbocycles. The number of anilines is 1. The van der Waals surface area contributed by atoms with Crippen molar-refractivity contribution in [3.63, 3.8) is 0 Å². The Morgan fingerprint density at radius 1 is 1.14 bits per heavy atom. The molecule has 0 radical (unpaired) electrons. The number of nitrogens with one attached hydrogen (secondary N) is 1. The first-order valence-electron chi connectivity index (χ1n) is 9.39. The van der Waals surface area contributed by atoms with Gasteiger partial charge in [0.25, 0.3) is 0 Å². The number of carbonyl (C=O) groups excluding carboxylic acids is 1. The number of thiazole rings is 1. The Labute approximate surface area is 173 Å². The average molecular weight is 404 g/mol. The molecule has 0 amide bonds. The van der Waals surface area contributed by atoms with E-state index in [0.717, 1.165) is 16.8 Å². The molecule has 0 atom stereocenters. The molecule has 0 aliphatic carbocycles. The topological polar surface area (TPSA) is 72.7 Å². The molecule has 0 unspecified atom stereocenters. The summed E-state index contributed by atoms with van der Waals surface area (Å²) in [5.41, 5.74) is 3.67. The van der Waals surface area contributed by atoms with E-state index in [1.807, 2.05) is 47.1 Å². The molecule has 3 heterocycles. The fraction of sp³-hybridized carbons (Fsp3) is 0.182. The lowest BCUT2D eigenvalue weighted by Gasteiger charge is -2.11. The third kappa shape index (κ3) is 4.25. The molecule has 1 N–H and O–H groups in total. The van der Waals surface area contributed by atoms with Crippen molar-refractivity contribution >= 4 is 22.3 Å². The SMILES string of the molecule is CC(C)n1nccc1-c1cccc(C(=O)c2cnc(NCc3cccnc3)s2)c1. The summed E-state index contributed by atoms with van der Waals surface area (Å²) >= 11 is 1.36. The third-order valence-corrected chi connectivity index (χ3v) is 5.43. The van der Waals surface area contributed by atoms with Crippen molar-refractivity contribution in [3.05, 3.63) is 83.3 Å². The van der Waals surface area contributed by atoms with Gasteiger partial charge in [-0.25, -0.2) is 4.98 Å². The maximum absolute atomic E-state index is 13.0. The Bertz CT molecular complexity index is 1120. The number of carbonyl (C=O) groups is 1. The zero-order valence-electron chi connectivity index (χ0n) is 16.2. The van der Waals surface area contributed by atoms with Gasteiger partial charge in [-0.3, -0.25) is 14.5 Å². The van der Waals surface area contributed by atoms with Crippen molar-refractivity contribution < 1.29 is 4.79 Å². The van der Waals surface area contributed by atoms with Crippen LogP contribution in [0.25, 0.3) is 11.3 Å². The normalized spacial score (nSPS) is 11.0. The molecular weight excluding hydrogens is 382 g/mol. The standard InChI is InChI=1S/C22H21N5OS/c1-15(2)27-19(8-10-26-27)17-6-3-7-18(11-17)21(28)20-14-25-22(29-20)24-13-16-5-4-9-23-12-16/h3-12,14-15H,13H2,1-2H3,(H,24,25). The maximum atomic E-state index is 13.0. The molecule has 0 spiro atoms. The highest BCUT2D eigenvalue weighted by Crippen LogP contribution is 2.26. The largest absolute Gasteiger partial charge is 0.357 e. The van der Waals surface area contributed by atoms with Crippen LogP contribution < -0.4 is 5.32 Å². The Balaban J connectivity index is 1.51. The summed E-state index contributed by atoms with van der Waals surface area (Å²) in [6.45, 7) is 4.79. The van der Waals surface area contributed by atoms with Gasteiger partial charge in [0.15, 0.2) is 5.13 Å². The second kappa shape index (κ2) is 8.36. The molecule has 0 saturated heterocycles. The average Bonchev–Trinajstić information content (AvgIpc) is 3.42. The first kappa shape index (κ1) is 19.0. The predicted molar refractivity (Wildman–Crippen MR) is 115 cm³/mol. The van der Waals surface area contributed by atoms with Crippen LogP contribution >= 0.6 is 11.3 Å². The number of rotatable bonds is 7. The van der Waals surface area contributed by atoms with Crippen LogP contribution in [-0.2, 0) is 6.54 Å². The fourth-order valence-electron chi connectivity index (χ4n) is 3.06. The van der Waals surface area contributed by atoms with Crippen LogP contribution in [0, 0.1) is 0 Å². The molecule has 0 aliphatic heterocycles. The highest BCUT2D eigenvalue weighted by molar-refractivity contribution is 7.17. The zero-order valence-corrected chi connectivity index (χ0v) is 17.1. The highest BCUT2D eigenvalue weighted by Gasteiger charge is 2.15. The predicted octanol–water partition coefficient (Wildman–Crippen LogP) is 4.83. The number of nitrogens with zero attached hydrogens (tertiary/aromatic N) is 4. The van der Waals surface area contributed by atoms with Crippen molar-refractivity contribution in [2.24, 2.45) is 0 Å². The summed E-state index contributed by atoms with van der Waals surface area (Å²) in [6.07, 6.45) is 6.96. The molecule has 6 nitrogen and oxygen atoms in total. The number of ketones is 1. The first-order valence-corrected chi connectivity index (χ1v) is 10.2. The molecule has 3 aromatic heterocycles. The van der Waals surface area contributed by atoms with Gasteiger partial charge < -0.3 is 5.32 Å². The number of hydrogen-bond acceptors (Lipinski definition) is 6. The molecule has 29 heavy (non-hydrogen) atoms. The molecule has 146 valence electrons. The number of hydrogen-bond donors (Lipinski definition) is 1. The van der Waals surface area contributed by atoms with Gasteiger partial charge in [0.1, 0.15) is 0 Å². The minimum atomic E-state index is -0.0330. The quantitative estimate of drug-likeness (QED) is 0.448. The summed E-state index contributed by atoms with van der Waals surface area (Å²) in [6, 6.07) is 13.8. The lowest BCUT2D eigenvalue weighted by Crippen LogP contribution is -2.05. The van der Waals surface area contributed by atoms with E-state index < -0.39 is 0 Å². The fourth-order valence-corrected chi connectivity index (χ4v) is 3.83. The molecule has 0 saturated carbocycles. The second-order valence-electron chi connectivity index (χ2n) is 6.91. The minimum absolute atomic E-state index is 0.0330. The van der Waals surface area contributed by atoms with E-state index in [0.29, 0.717) is 22.1 Å². The first-order chi connectivity index (χ1) is 14.1. The van der Waals surface area contributed by atoms with Crippen LogP contribution in [0.5, 0.6) is 0 Å². The van der Waals surface area contributed by atoms with Gasteiger partial charge in [-0.2, -0.15) is 5.10 Å². The molecule has 0 bridgehead atoms. The molecule has 4 rings (SSSR count). The Hall–Kier alpha value is -3.32. The van der Waals surface area contributed by atoms with Crippen LogP contribution in [0.4, 0.5) is 5.13 Å². The monoisotopic (exact) mass is 403 g/mol. The Morgan fingerprint density at radius 2 is 2.03 bits per heavy atom. The van der Waals surface area contributed by atoms with Crippen molar-refractivity contribution in [1.82, 2.24) is 19.7 Å². The van der Waals surface area contributed by atoms with Crippen molar-refractivity contribution in [1.29, 1.82) is 0 Å². The third-order valence-electron chi connectivity index (χ3n) is 4.48. The summed E-state index contributed by atoms with van der Waals surface area (Å²) in [5, 5.41) is 8.34. The number of benzene rings is 1. The maximum Gasteiger partial charge on any atom is 0.204 e. The summed E-state index contributed by atoms with van der Waals surface area (Å²) in [4.78, 5) is 22.0. The van der Waals surface area contributed by atoms with Gasteiger partial charge >= 0.3 is 0 Å². The van der Waals surface area contributed by atoms with Gasteiger partial charge in [0.2, 0.25) is 5.78 Å². The van der Waals surface area contributed by atoms with Crippen molar-refractivity contribution in [3.8, 4) is 11.3 Å². The van der Waals surface area contributed by atoms with E-state index in [1.54, 1.807) is 24.8 Å². The summed E-state index contributed by atoms with van der Waals surface area (Å²) in [7, 11) is 0. The van der Waals surface area contributed by atoms with Crippen molar-refractivity contribution in [2.45, 2.75) is 26.4 Å². The van der Waals surface area contributed by atoms with Crippen LogP contribution in [0.2, 0.25) is 0 Å². The van der Waals surface area contributed by atoms with E-state index in [1.165, 1.54) is 11.3 Å². The Morgan fingerprint density at radius 3 is 2.83 bits per heavy atom. The summed E-state index contributed by atoms with van der Waals surface area (Å²) < 4.78 is 1.96. The van der Waals surface area contributed by atoms with E-state index in [-0.39, 0.29) is 11.8 Å². The minimum Gasteiger partial charge on any atom is -0.357 e. The molecular formula is C22H21N5OS. The van der Waals surface area contributed by atoms with E-state index in [2.05, 4.69) is 34.2 Å². The smallest absolute Gasteiger partial charge is 0.204 e. The highest BCUT2D eigenvalue weighted by atomic mass is 32.1. The van der Waals surface area contributed by atoms with Gasteiger partial charge in [0.05, 0.1) is 16.8 Å². The van der Waals surface area contributed by atoms with Crippen LogP contribution in [-0.4, -0.2) is 25.5 Å². The lowest BCUT2D eigenvalue weighted by atomic mass is 10.0. The zero-order chi connectivity index (χ0) is 20.2. The van der Waals surface area contributed by atoms with E-state index in [4.69, 9.17) is 0 Å². The van der Waals surface area contributed by atoms with Gasteiger partial charge in [-0.05, 0) is 37.6 Å².